The van der Waals surface area contributed by atoms with Gasteiger partial charge in [-0.3, -0.25) is 10.1 Å². The van der Waals surface area contributed by atoms with Crippen LogP contribution >= 0.6 is 25.3 Å². The Morgan fingerprint density at radius 3 is 2.48 bits per heavy atom. The zero-order valence-corrected chi connectivity index (χ0v) is 15.8. The van der Waals surface area contributed by atoms with E-state index in [-0.39, 0.29) is 39.6 Å². The van der Waals surface area contributed by atoms with Crippen LogP contribution in [-0.2, 0) is 0 Å². The standard InChI is InChI=1S/C17H15N5O3S2/c1-7-2-3-10(11(4-7)22(24)25)20-21-16-13(27)5-8-12(26)6-9(18)15(19)14(8)17(16)23/h2-6,23,26-27H,18-19H2,1H3. The van der Waals surface area contributed by atoms with Gasteiger partial charge in [-0.1, -0.05) is 6.07 Å². The van der Waals surface area contributed by atoms with Gasteiger partial charge in [0.25, 0.3) is 5.69 Å². The monoisotopic (exact) mass is 401 g/mol. The van der Waals surface area contributed by atoms with Gasteiger partial charge in [0.2, 0.25) is 0 Å². The van der Waals surface area contributed by atoms with E-state index in [9.17, 15) is 15.2 Å². The molecular formula is C17H15N5O3S2. The van der Waals surface area contributed by atoms with E-state index in [1.54, 1.807) is 25.1 Å². The second kappa shape index (κ2) is 6.97. The van der Waals surface area contributed by atoms with Crippen LogP contribution in [0.25, 0.3) is 10.8 Å². The summed E-state index contributed by atoms with van der Waals surface area (Å²) >= 11 is 8.67. The smallest absolute Gasteiger partial charge is 0.296 e. The molecule has 0 aromatic heterocycles. The topological polar surface area (TPSA) is 140 Å². The van der Waals surface area contributed by atoms with Crippen molar-refractivity contribution in [2.24, 2.45) is 10.2 Å². The van der Waals surface area contributed by atoms with E-state index >= 15 is 0 Å². The Kier molecular flexibility index (Phi) is 4.85. The van der Waals surface area contributed by atoms with Gasteiger partial charge in [0.1, 0.15) is 5.69 Å². The van der Waals surface area contributed by atoms with Crippen LogP contribution in [0.4, 0.5) is 28.4 Å². The molecule has 0 amide bonds. The van der Waals surface area contributed by atoms with Crippen molar-refractivity contribution in [1.29, 1.82) is 0 Å². The molecule has 0 unspecified atom stereocenters. The van der Waals surface area contributed by atoms with Crippen LogP contribution in [0.3, 0.4) is 0 Å². The lowest BCUT2D eigenvalue weighted by atomic mass is 10.1. The van der Waals surface area contributed by atoms with Gasteiger partial charge in [-0.2, -0.15) is 0 Å². The first-order chi connectivity index (χ1) is 12.7. The molecule has 0 aliphatic heterocycles. The Balaban J connectivity index is 2.21. The van der Waals surface area contributed by atoms with Gasteiger partial charge in [-0.25, -0.2) is 0 Å². The van der Waals surface area contributed by atoms with Crippen molar-refractivity contribution < 1.29 is 10.0 Å². The van der Waals surface area contributed by atoms with Gasteiger partial charge in [-0.15, -0.1) is 35.5 Å². The minimum Gasteiger partial charge on any atom is -0.505 e. The maximum Gasteiger partial charge on any atom is 0.296 e. The van der Waals surface area contributed by atoms with Crippen molar-refractivity contribution >= 4 is 64.5 Å². The average molecular weight is 401 g/mol. The number of aryl methyl sites for hydroxylation is 1. The molecule has 3 aromatic carbocycles. The third kappa shape index (κ3) is 3.36. The lowest BCUT2D eigenvalue weighted by molar-refractivity contribution is -0.384. The highest BCUT2D eigenvalue weighted by molar-refractivity contribution is 7.80. The number of aromatic hydroxyl groups is 1. The average Bonchev–Trinajstić information content (AvgIpc) is 2.60. The first-order valence-electron chi connectivity index (χ1n) is 7.63. The summed E-state index contributed by atoms with van der Waals surface area (Å²) in [5.74, 6) is -0.281. The quantitative estimate of drug-likeness (QED) is 0.139. The third-order valence-corrected chi connectivity index (χ3v) is 4.70. The molecule has 8 nitrogen and oxygen atoms in total. The second-order valence-electron chi connectivity index (χ2n) is 5.86. The third-order valence-electron chi connectivity index (χ3n) is 3.99. The van der Waals surface area contributed by atoms with Crippen LogP contribution in [0.2, 0.25) is 0 Å². The zero-order chi connectivity index (χ0) is 19.9. The molecule has 0 saturated heterocycles. The molecule has 27 heavy (non-hydrogen) atoms. The molecule has 138 valence electrons. The van der Waals surface area contributed by atoms with Crippen molar-refractivity contribution in [1.82, 2.24) is 0 Å². The minimum absolute atomic E-state index is 0.0192. The molecule has 3 rings (SSSR count). The van der Waals surface area contributed by atoms with Gasteiger partial charge in [0.05, 0.1) is 21.7 Å². The Morgan fingerprint density at radius 1 is 1.11 bits per heavy atom. The number of nitrogens with two attached hydrogens (primary N) is 2. The molecule has 0 atom stereocenters. The van der Waals surface area contributed by atoms with Crippen LogP contribution in [0.1, 0.15) is 5.56 Å². The first kappa shape index (κ1) is 18.8. The highest BCUT2D eigenvalue weighted by atomic mass is 32.1. The number of phenolic OH excluding ortho intramolecular Hbond substituents is 1. The van der Waals surface area contributed by atoms with Crippen LogP contribution in [-0.4, -0.2) is 10.0 Å². The number of nitrogens with zero attached hydrogens (tertiary/aromatic N) is 3. The summed E-state index contributed by atoms with van der Waals surface area (Å²) in [6.07, 6.45) is 0. The molecular weight excluding hydrogens is 386 g/mol. The van der Waals surface area contributed by atoms with Crippen LogP contribution < -0.4 is 11.5 Å². The van der Waals surface area contributed by atoms with Gasteiger partial charge in [0, 0.05) is 21.2 Å². The number of nitro benzene ring substituents is 1. The maximum atomic E-state index is 11.2. The summed E-state index contributed by atoms with van der Waals surface area (Å²) < 4.78 is 0. The SMILES string of the molecule is Cc1ccc(N=Nc2c(S)cc3c(S)cc(N)c(N)c3c2O)c([N+](=O)[O-])c1. The first-order valence-corrected chi connectivity index (χ1v) is 8.52. The number of phenols is 1. The molecule has 0 bridgehead atoms. The maximum absolute atomic E-state index is 11.2. The Bertz CT molecular complexity index is 1130. The fourth-order valence-electron chi connectivity index (χ4n) is 2.63. The number of fused-ring (bicyclic) bond motifs is 1. The normalized spacial score (nSPS) is 11.4. The molecule has 0 saturated carbocycles. The minimum atomic E-state index is -0.547. The lowest BCUT2D eigenvalue weighted by Crippen LogP contribution is -1.97. The molecule has 3 aromatic rings. The molecule has 0 aliphatic rings. The molecule has 5 N–H and O–H groups in total. The molecule has 0 aliphatic carbocycles. The Hall–Kier alpha value is -2.98. The highest BCUT2D eigenvalue weighted by Gasteiger charge is 2.18. The van der Waals surface area contributed by atoms with Gasteiger partial charge >= 0.3 is 0 Å². The summed E-state index contributed by atoms with van der Waals surface area (Å²) in [4.78, 5) is 11.5. The summed E-state index contributed by atoms with van der Waals surface area (Å²) in [6.45, 7) is 1.73. The summed E-state index contributed by atoms with van der Waals surface area (Å²) in [7, 11) is 0. The second-order valence-corrected chi connectivity index (χ2v) is 6.83. The summed E-state index contributed by atoms with van der Waals surface area (Å²) in [5.41, 5.74) is 12.9. The van der Waals surface area contributed by atoms with Crippen LogP contribution in [0, 0.1) is 17.0 Å². The van der Waals surface area contributed by atoms with E-state index in [0.717, 1.165) is 0 Å². The van der Waals surface area contributed by atoms with E-state index in [1.165, 1.54) is 12.1 Å². The number of rotatable bonds is 3. The molecule has 0 spiro atoms. The molecule has 10 heteroatoms. The van der Waals surface area contributed by atoms with Crippen molar-refractivity contribution in [2.45, 2.75) is 16.7 Å². The fraction of sp³-hybridized carbons (Fsp3) is 0.0588. The number of thiol groups is 2. The number of hydrogen-bond acceptors (Lipinski definition) is 9. The summed E-state index contributed by atoms with van der Waals surface area (Å²) in [6, 6.07) is 7.74. The van der Waals surface area contributed by atoms with Gasteiger partial charge in [0.15, 0.2) is 11.4 Å². The van der Waals surface area contributed by atoms with Crippen molar-refractivity contribution in [3.05, 3.63) is 46.0 Å². The number of hydrogen-bond donors (Lipinski definition) is 5. The van der Waals surface area contributed by atoms with Crippen molar-refractivity contribution in [3.63, 3.8) is 0 Å². The highest BCUT2D eigenvalue weighted by Crippen LogP contribution is 2.46. The number of azo groups is 1. The molecule has 0 heterocycles. The Labute approximate surface area is 164 Å². The zero-order valence-electron chi connectivity index (χ0n) is 14.0. The van der Waals surface area contributed by atoms with E-state index in [0.29, 0.717) is 20.7 Å². The van der Waals surface area contributed by atoms with E-state index in [4.69, 9.17) is 11.5 Å². The van der Waals surface area contributed by atoms with Gasteiger partial charge in [-0.05, 0) is 30.7 Å². The van der Waals surface area contributed by atoms with Crippen LogP contribution in [0.15, 0.2) is 50.4 Å². The molecule has 0 radical (unpaired) electrons. The van der Waals surface area contributed by atoms with Crippen molar-refractivity contribution in [3.8, 4) is 5.75 Å². The number of nitro groups is 1. The van der Waals surface area contributed by atoms with Crippen LogP contribution in [0.5, 0.6) is 5.75 Å². The predicted molar refractivity (Wildman–Crippen MR) is 111 cm³/mol. The van der Waals surface area contributed by atoms with E-state index in [1.807, 2.05) is 0 Å². The van der Waals surface area contributed by atoms with Crippen molar-refractivity contribution in [2.75, 3.05) is 11.5 Å². The number of nitrogen functional groups attached to an aromatic ring is 2. The number of benzene rings is 3. The van der Waals surface area contributed by atoms with E-state index in [2.05, 4.69) is 35.5 Å². The largest absolute Gasteiger partial charge is 0.505 e. The predicted octanol–water partition coefficient (Wildman–Crippen LogP) is 4.92. The molecule has 0 fully saturated rings. The lowest BCUT2D eigenvalue weighted by Gasteiger charge is -2.12. The fourth-order valence-corrected chi connectivity index (χ4v) is 3.23. The number of anilines is 2. The van der Waals surface area contributed by atoms with E-state index < -0.39 is 4.92 Å². The summed E-state index contributed by atoms with van der Waals surface area (Å²) in [5, 5.41) is 30.6. The van der Waals surface area contributed by atoms with Gasteiger partial charge < -0.3 is 16.6 Å². The Morgan fingerprint density at radius 2 is 1.81 bits per heavy atom.